The Bertz CT molecular complexity index is 281. The van der Waals surface area contributed by atoms with E-state index in [0.717, 1.165) is 11.7 Å². The summed E-state index contributed by atoms with van der Waals surface area (Å²) in [7, 11) is 0. The number of anilines is 1. The molecule has 4 nitrogen and oxygen atoms in total. The minimum Gasteiger partial charge on any atom is -0.388 e. The Balaban J connectivity index is 2.61. The van der Waals surface area contributed by atoms with Crippen LogP contribution < -0.4 is 10.6 Å². The predicted molar refractivity (Wildman–Crippen MR) is 61.1 cm³/mol. The summed E-state index contributed by atoms with van der Waals surface area (Å²) in [6.07, 6.45) is 2.39. The van der Waals surface area contributed by atoms with Crippen molar-refractivity contribution >= 4 is 22.3 Å². The highest BCUT2D eigenvalue weighted by Gasteiger charge is 2.12. The molecule has 3 N–H and O–H groups in total. The smallest absolute Gasteiger partial charge is 0.185 e. The van der Waals surface area contributed by atoms with Crippen molar-refractivity contribution in [3.8, 4) is 0 Å². The highest BCUT2D eigenvalue weighted by atomic mass is 32.1. The van der Waals surface area contributed by atoms with Crippen molar-refractivity contribution in [3.05, 3.63) is 11.6 Å². The number of nitrogens with two attached hydrogens (primary N) is 1. The quantitative estimate of drug-likeness (QED) is 0.576. The number of hydrogen-bond acceptors (Lipinski definition) is 4. The van der Waals surface area contributed by atoms with Gasteiger partial charge in [0.15, 0.2) is 5.13 Å². The highest BCUT2D eigenvalue weighted by molar-refractivity contribution is 7.13. The van der Waals surface area contributed by atoms with Crippen molar-refractivity contribution in [2.75, 3.05) is 11.4 Å². The van der Waals surface area contributed by atoms with Crippen molar-refractivity contribution in [1.82, 2.24) is 4.98 Å². The van der Waals surface area contributed by atoms with Crippen molar-refractivity contribution in [2.45, 2.75) is 26.3 Å². The lowest BCUT2D eigenvalue weighted by Crippen LogP contribution is -2.33. The summed E-state index contributed by atoms with van der Waals surface area (Å²) >= 11 is 1.61. The summed E-state index contributed by atoms with van der Waals surface area (Å²) in [6.45, 7) is 4.99. The molecular weight excluding hydrogens is 196 g/mol. The maximum absolute atomic E-state index is 7.19. The van der Waals surface area contributed by atoms with E-state index in [2.05, 4.69) is 23.7 Å². The number of rotatable bonds is 5. The standard InChI is InChI=1S/C9H16N4S/c1-7(2)13(5-3-8(10)11)9-12-4-6-14-9/h4,6-7H,3,5H2,1-2H3,(H3,10,11). The van der Waals surface area contributed by atoms with Crippen LogP contribution in [0.25, 0.3) is 0 Å². The molecule has 0 aliphatic heterocycles. The molecule has 0 unspecified atom stereocenters. The minimum atomic E-state index is 0.229. The normalized spacial score (nSPS) is 10.5. The zero-order valence-electron chi connectivity index (χ0n) is 8.53. The van der Waals surface area contributed by atoms with Gasteiger partial charge in [-0.1, -0.05) is 0 Å². The second-order valence-electron chi connectivity index (χ2n) is 3.38. The number of nitrogens with zero attached hydrogens (tertiary/aromatic N) is 2. The molecule has 0 aliphatic carbocycles. The van der Waals surface area contributed by atoms with Crippen molar-refractivity contribution in [2.24, 2.45) is 5.73 Å². The largest absolute Gasteiger partial charge is 0.388 e. The summed E-state index contributed by atoms with van der Waals surface area (Å²) in [4.78, 5) is 6.41. The molecule has 14 heavy (non-hydrogen) atoms. The van der Waals surface area contributed by atoms with E-state index in [4.69, 9.17) is 11.1 Å². The third-order valence-electron chi connectivity index (χ3n) is 1.91. The Morgan fingerprint density at radius 1 is 1.71 bits per heavy atom. The first kappa shape index (κ1) is 11.0. The third-order valence-corrected chi connectivity index (χ3v) is 2.72. The van der Waals surface area contributed by atoms with Gasteiger partial charge in [0.2, 0.25) is 0 Å². The van der Waals surface area contributed by atoms with E-state index in [-0.39, 0.29) is 5.84 Å². The minimum absolute atomic E-state index is 0.229. The molecule has 0 aliphatic rings. The van der Waals surface area contributed by atoms with Crippen LogP contribution in [0, 0.1) is 5.41 Å². The number of nitrogens with one attached hydrogen (secondary N) is 1. The monoisotopic (exact) mass is 212 g/mol. The summed E-state index contributed by atoms with van der Waals surface area (Å²) in [5.41, 5.74) is 5.33. The summed E-state index contributed by atoms with van der Waals surface area (Å²) < 4.78 is 0. The van der Waals surface area contributed by atoms with Gasteiger partial charge in [-0.05, 0) is 13.8 Å². The molecule has 0 atom stereocenters. The van der Waals surface area contributed by atoms with Gasteiger partial charge in [-0.15, -0.1) is 11.3 Å². The molecule has 1 aromatic heterocycles. The second-order valence-corrected chi connectivity index (χ2v) is 4.25. The third kappa shape index (κ3) is 2.99. The average molecular weight is 212 g/mol. The first-order chi connectivity index (χ1) is 6.61. The summed E-state index contributed by atoms with van der Waals surface area (Å²) in [6, 6.07) is 0.389. The lowest BCUT2D eigenvalue weighted by Gasteiger charge is -2.25. The van der Waals surface area contributed by atoms with Gasteiger partial charge in [0, 0.05) is 30.6 Å². The molecule has 1 rings (SSSR count). The fourth-order valence-corrected chi connectivity index (χ4v) is 1.98. The number of thiazole rings is 1. The van der Waals surface area contributed by atoms with Crippen molar-refractivity contribution in [3.63, 3.8) is 0 Å². The van der Waals surface area contributed by atoms with Crippen molar-refractivity contribution in [1.29, 1.82) is 5.41 Å². The summed E-state index contributed by atoms with van der Waals surface area (Å²) in [5, 5.41) is 10.1. The lowest BCUT2D eigenvalue weighted by molar-refractivity contribution is 0.686. The molecule has 0 saturated heterocycles. The molecular formula is C9H16N4S. The topological polar surface area (TPSA) is 66.0 Å². The zero-order valence-corrected chi connectivity index (χ0v) is 9.34. The number of amidine groups is 1. The first-order valence-electron chi connectivity index (χ1n) is 4.60. The van der Waals surface area contributed by atoms with Crippen LogP contribution in [0.15, 0.2) is 11.6 Å². The van der Waals surface area contributed by atoms with Crippen LogP contribution in [-0.4, -0.2) is 23.4 Å². The van der Waals surface area contributed by atoms with Crippen molar-refractivity contribution < 1.29 is 0 Å². The Labute approximate surface area is 88.3 Å². The predicted octanol–water partition coefficient (Wildman–Crippen LogP) is 1.68. The van der Waals surface area contributed by atoms with Gasteiger partial charge < -0.3 is 10.6 Å². The van der Waals surface area contributed by atoms with Crippen LogP contribution in [0.2, 0.25) is 0 Å². The van der Waals surface area contributed by atoms with Gasteiger partial charge in [0.05, 0.1) is 5.84 Å². The molecule has 0 radical (unpaired) electrons. The second kappa shape index (κ2) is 4.95. The van der Waals surface area contributed by atoms with E-state index in [1.165, 1.54) is 0 Å². The SMILES string of the molecule is CC(C)N(CCC(=N)N)c1nccs1. The van der Waals surface area contributed by atoms with E-state index >= 15 is 0 Å². The highest BCUT2D eigenvalue weighted by Crippen LogP contribution is 2.19. The Hall–Kier alpha value is -1.10. The molecule has 0 saturated carbocycles. The maximum Gasteiger partial charge on any atom is 0.185 e. The fraction of sp³-hybridized carbons (Fsp3) is 0.556. The molecule has 1 heterocycles. The van der Waals surface area contributed by atoms with Gasteiger partial charge in [0.25, 0.3) is 0 Å². The van der Waals surface area contributed by atoms with Crippen LogP contribution in [0.4, 0.5) is 5.13 Å². The zero-order chi connectivity index (χ0) is 10.6. The molecule has 0 fully saturated rings. The average Bonchev–Trinajstić information content (AvgIpc) is 2.56. The molecule has 0 bridgehead atoms. The number of aromatic nitrogens is 1. The molecule has 78 valence electrons. The van der Waals surface area contributed by atoms with E-state index in [9.17, 15) is 0 Å². The lowest BCUT2D eigenvalue weighted by atomic mass is 10.3. The summed E-state index contributed by atoms with van der Waals surface area (Å²) in [5.74, 6) is 0.229. The van der Waals surface area contributed by atoms with Gasteiger partial charge in [-0.25, -0.2) is 4.98 Å². The van der Waals surface area contributed by atoms with Gasteiger partial charge in [0.1, 0.15) is 0 Å². The molecule has 0 spiro atoms. The van der Waals surface area contributed by atoms with E-state index in [1.807, 2.05) is 5.38 Å². The van der Waals surface area contributed by atoms with Crippen LogP contribution >= 0.6 is 11.3 Å². The Morgan fingerprint density at radius 2 is 2.43 bits per heavy atom. The van der Waals surface area contributed by atoms with E-state index in [1.54, 1.807) is 17.5 Å². The van der Waals surface area contributed by atoms with Crippen LogP contribution in [0.5, 0.6) is 0 Å². The fourth-order valence-electron chi connectivity index (χ4n) is 1.17. The van der Waals surface area contributed by atoms with Crippen LogP contribution in [0.1, 0.15) is 20.3 Å². The van der Waals surface area contributed by atoms with Gasteiger partial charge >= 0.3 is 0 Å². The molecule has 5 heteroatoms. The van der Waals surface area contributed by atoms with Gasteiger partial charge in [-0.2, -0.15) is 0 Å². The Kier molecular flexibility index (Phi) is 3.88. The van der Waals surface area contributed by atoms with Crippen LogP contribution in [0.3, 0.4) is 0 Å². The van der Waals surface area contributed by atoms with Crippen LogP contribution in [-0.2, 0) is 0 Å². The number of hydrogen-bond donors (Lipinski definition) is 2. The maximum atomic E-state index is 7.19. The van der Waals surface area contributed by atoms with Gasteiger partial charge in [-0.3, -0.25) is 5.41 Å². The molecule has 1 aromatic rings. The Morgan fingerprint density at radius 3 is 2.86 bits per heavy atom. The van der Waals surface area contributed by atoms with E-state index in [0.29, 0.717) is 12.5 Å². The first-order valence-corrected chi connectivity index (χ1v) is 5.48. The van der Waals surface area contributed by atoms with E-state index < -0.39 is 0 Å². The molecule has 0 aromatic carbocycles. The molecule has 0 amide bonds.